The van der Waals surface area contributed by atoms with E-state index >= 15 is 0 Å². The minimum Gasteiger partial charge on any atom is -0.0619 e. The van der Waals surface area contributed by atoms with Gasteiger partial charge in [0.1, 0.15) is 0 Å². The zero-order valence-electron chi connectivity index (χ0n) is 54.0. The van der Waals surface area contributed by atoms with Crippen molar-refractivity contribution in [3.63, 3.8) is 0 Å². The van der Waals surface area contributed by atoms with Gasteiger partial charge in [0.15, 0.2) is 0 Å². The van der Waals surface area contributed by atoms with Crippen molar-refractivity contribution in [2.24, 2.45) is 0 Å². The third-order valence-corrected chi connectivity index (χ3v) is 19.5. The van der Waals surface area contributed by atoms with Gasteiger partial charge in [-0.15, -0.1) is 0 Å². The van der Waals surface area contributed by atoms with Gasteiger partial charge in [0, 0.05) is 5.41 Å². The molecule has 0 N–H and O–H groups in total. The smallest absolute Gasteiger partial charge is 0.0619 e. The molecule has 0 saturated heterocycles. The van der Waals surface area contributed by atoms with Crippen LogP contribution in [0.25, 0.3) is 89.0 Å². The molecule has 2 aliphatic carbocycles. The topological polar surface area (TPSA) is 0 Å². The number of hydrogen-bond acceptors (Lipinski definition) is 0. The van der Waals surface area contributed by atoms with Crippen LogP contribution in [-0.2, 0) is 32.5 Å². The molecular formula is C87H84. The van der Waals surface area contributed by atoms with Crippen LogP contribution >= 0.6 is 0 Å². The monoisotopic (exact) mass is 1130 g/mol. The largest absolute Gasteiger partial charge is 0.0714 e. The molecule has 0 amide bonds. The summed E-state index contributed by atoms with van der Waals surface area (Å²) in [5, 5.41) is 0. The third kappa shape index (κ3) is 10.1. The molecule has 0 aromatic heterocycles. The second kappa shape index (κ2) is 20.8. The molecule has 13 rings (SSSR count). The molecule has 0 heteroatoms. The molecule has 0 radical (unpaired) electrons. The van der Waals surface area contributed by atoms with Gasteiger partial charge in [0.05, 0.1) is 5.41 Å². The summed E-state index contributed by atoms with van der Waals surface area (Å²) in [7, 11) is 0. The van der Waals surface area contributed by atoms with Crippen LogP contribution in [0.4, 0.5) is 0 Å². The number of hydrogen-bond donors (Lipinski definition) is 0. The fraction of sp³-hybridized carbons (Fsp3) is 0.241. The van der Waals surface area contributed by atoms with Crippen LogP contribution in [0.3, 0.4) is 0 Å². The van der Waals surface area contributed by atoms with Gasteiger partial charge in [-0.2, -0.15) is 0 Å². The Morgan fingerprint density at radius 1 is 0.241 bits per heavy atom. The minimum atomic E-state index is -0.709. The standard InChI is InChI=1S/C87H84/c1-55-26-43-77-75(46-55)81-79(45-44-78-80(81)74-24-16-17-25-76(74)86(78,14)15)87(77,72-22-18-20-60(53-72)66-49-62(56-27-35-68(36-28-56)82(2,3)4)47-63(50-66)57-29-37-69(38-30-57)83(5,6)7)73-23-19-21-61(54-73)67-51-64(58-31-39-70(40-32-58)84(8,9)10)48-65(52-67)59-33-41-71(42-34-59)85(11,12)13/h16-54H,1-15H3. The van der Waals surface area contributed by atoms with E-state index in [2.05, 4.69) is 340 Å². The highest BCUT2D eigenvalue weighted by Crippen LogP contribution is 2.63. The van der Waals surface area contributed by atoms with Crippen molar-refractivity contribution in [1.29, 1.82) is 0 Å². The Hall–Kier alpha value is -8.58. The van der Waals surface area contributed by atoms with Crippen molar-refractivity contribution in [3.05, 3.63) is 298 Å². The van der Waals surface area contributed by atoms with E-state index in [1.54, 1.807) is 0 Å². The number of aryl methyl sites for hydroxylation is 1. The normalized spacial score (nSPS) is 14.1. The SMILES string of the molecule is Cc1ccc2c(c1)-c1c(ccc3c1-c1ccccc1C3(C)C)C2(c1cccc(-c2cc(-c3ccc(C(C)(C)C)cc3)cc(-c3ccc(C(C)(C)C)cc3)c2)c1)c1cccc(-c2cc(-c3ccc(C(C)(C)C)cc3)cc(-c3ccc(C(C)(C)C)cc3)c2)c1. The maximum atomic E-state index is 2.53. The molecule has 0 nitrogen and oxygen atoms in total. The van der Waals surface area contributed by atoms with E-state index in [9.17, 15) is 0 Å². The molecule has 0 aliphatic heterocycles. The van der Waals surface area contributed by atoms with Crippen molar-refractivity contribution >= 4 is 0 Å². The van der Waals surface area contributed by atoms with Crippen molar-refractivity contribution in [1.82, 2.24) is 0 Å². The molecule has 0 unspecified atom stereocenters. The maximum absolute atomic E-state index is 2.53. The van der Waals surface area contributed by atoms with Crippen LogP contribution < -0.4 is 0 Å². The zero-order chi connectivity index (χ0) is 61.2. The maximum Gasteiger partial charge on any atom is 0.0714 e. The molecule has 0 heterocycles. The summed E-state index contributed by atoms with van der Waals surface area (Å²) in [5.74, 6) is 0. The van der Waals surface area contributed by atoms with Gasteiger partial charge in [-0.25, -0.2) is 0 Å². The summed E-state index contributed by atoms with van der Waals surface area (Å²) >= 11 is 0. The molecule has 11 aromatic rings. The van der Waals surface area contributed by atoms with Crippen molar-refractivity contribution in [2.45, 2.75) is 136 Å². The summed E-state index contributed by atoms with van der Waals surface area (Å²) in [4.78, 5) is 0. The van der Waals surface area contributed by atoms with E-state index in [0.717, 1.165) is 0 Å². The lowest BCUT2D eigenvalue weighted by Gasteiger charge is -2.35. The molecule has 0 bridgehead atoms. The summed E-state index contributed by atoms with van der Waals surface area (Å²) in [6.45, 7) is 34.6. The predicted molar refractivity (Wildman–Crippen MR) is 373 cm³/mol. The van der Waals surface area contributed by atoms with Crippen LogP contribution in [0.15, 0.2) is 237 Å². The molecule has 0 fully saturated rings. The zero-order valence-corrected chi connectivity index (χ0v) is 54.0. The van der Waals surface area contributed by atoms with Crippen LogP contribution in [0.1, 0.15) is 158 Å². The average molecular weight is 1130 g/mol. The summed E-state index contributed by atoms with van der Waals surface area (Å²) < 4.78 is 0. The van der Waals surface area contributed by atoms with Crippen LogP contribution in [0.2, 0.25) is 0 Å². The van der Waals surface area contributed by atoms with Gasteiger partial charge in [-0.3, -0.25) is 0 Å². The molecule has 11 aromatic carbocycles. The van der Waals surface area contributed by atoms with Gasteiger partial charge < -0.3 is 0 Å². The second-order valence-corrected chi connectivity index (χ2v) is 29.9. The van der Waals surface area contributed by atoms with Crippen molar-refractivity contribution in [2.75, 3.05) is 0 Å². The minimum absolute atomic E-state index is 0.0525. The van der Waals surface area contributed by atoms with Crippen LogP contribution in [0.5, 0.6) is 0 Å². The number of fused-ring (bicyclic) bond motifs is 7. The Morgan fingerprint density at radius 2 is 0.575 bits per heavy atom. The first-order chi connectivity index (χ1) is 41.3. The molecule has 87 heavy (non-hydrogen) atoms. The van der Waals surface area contributed by atoms with E-state index in [4.69, 9.17) is 0 Å². The molecular weight excluding hydrogens is 1040 g/mol. The first-order valence-electron chi connectivity index (χ1n) is 31.6. The van der Waals surface area contributed by atoms with Crippen molar-refractivity contribution < 1.29 is 0 Å². The van der Waals surface area contributed by atoms with E-state index in [0.29, 0.717) is 0 Å². The van der Waals surface area contributed by atoms with E-state index in [-0.39, 0.29) is 27.1 Å². The van der Waals surface area contributed by atoms with Gasteiger partial charge in [-0.1, -0.05) is 291 Å². The van der Waals surface area contributed by atoms with E-state index < -0.39 is 5.41 Å². The Labute approximate surface area is 520 Å². The highest BCUT2D eigenvalue weighted by Gasteiger charge is 2.50. The molecule has 0 saturated carbocycles. The molecule has 0 atom stereocenters. The Kier molecular flexibility index (Phi) is 13.7. The lowest BCUT2D eigenvalue weighted by Crippen LogP contribution is -2.29. The summed E-state index contributed by atoms with van der Waals surface area (Å²) in [6, 6.07) is 92.3. The van der Waals surface area contributed by atoms with Gasteiger partial charge in [-0.05, 0) is 222 Å². The van der Waals surface area contributed by atoms with Gasteiger partial charge >= 0.3 is 0 Å². The van der Waals surface area contributed by atoms with Crippen LogP contribution in [-0.4, -0.2) is 0 Å². The fourth-order valence-corrected chi connectivity index (χ4v) is 14.3. The first kappa shape index (κ1) is 57.5. The Morgan fingerprint density at radius 3 is 0.954 bits per heavy atom. The lowest BCUT2D eigenvalue weighted by atomic mass is 9.66. The average Bonchev–Trinajstić information content (AvgIpc) is 1.54. The predicted octanol–water partition coefficient (Wildman–Crippen LogP) is 23.9. The summed E-state index contributed by atoms with van der Waals surface area (Å²) in [6.07, 6.45) is 0. The van der Waals surface area contributed by atoms with Gasteiger partial charge in [0.2, 0.25) is 0 Å². The lowest BCUT2D eigenvalue weighted by molar-refractivity contribution is 0.590. The van der Waals surface area contributed by atoms with Crippen LogP contribution in [0, 0.1) is 6.92 Å². The number of rotatable bonds is 8. The number of benzene rings is 11. The molecule has 432 valence electrons. The fourth-order valence-electron chi connectivity index (χ4n) is 14.3. The molecule has 0 spiro atoms. The first-order valence-corrected chi connectivity index (χ1v) is 31.6. The highest BCUT2D eigenvalue weighted by atomic mass is 14.5. The molecule has 2 aliphatic rings. The van der Waals surface area contributed by atoms with Gasteiger partial charge in [0.25, 0.3) is 0 Å². The van der Waals surface area contributed by atoms with E-state index in [1.807, 2.05) is 0 Å². The Bertz CT molecular complexity index is 4090. The highest BCUT2D eigenvalue weighted by molar-refractivity contribution is 6.01. The quantitative estimate of drug-likeness (QED) is 0.142. The van der Waals surface area contributed by atoms with E-state index in [1.165, 1.54) is 150 Å². The second-order valence-electron chi connectivity index (χ2n) is 29.9. The Balaban J connectivity index is 1.06. The summed E-state index contributed by atoms with van der Waals surface area (Å²) in [5.41, 5.74) is 33.6. The third-order valence-electron chi connectivity index (χ3n) is 19.5. The van der Waals surface area contributed by atoms with Crippen molar-refractivity contribution in [3.8, 4) is 89.0 Å².